The van der Waals surface area contributed by atoms with Crippen LogP contribution in [0.15, 0.2) is 24.3 Å². The van der Waals surface area contributed by atoms with Crippen LogP contribution in [-0.2, 0) is 16.1 Å². The van der Waals surface area contributed by atoms with Crippen molar-refractivity contribution in [3.8, 4) is 5.75 Å². The lowest BCUT2D eigenvalue weighted by atomic mass is 9.86. The summed E-state index contributed by atoms with van der Waals surface area (Å²) in [4.78, 5) is 29.2. The van der Waals surface area contributed by atoms with E-state index in [4.69, 9.17) is 4.74 Å². The van der Waals surface area contributed by atoms with Gasteiger partial charge in [-0.15, -0.1) is 0 Å². The third-order valence-corrected chi connectivity index (χ3v) is 6.77. The standard InChI is InChI=1S/C19H24N2O3S/c1-24-16-6-2-14(3-7-16)11-20(15-4-5-15)13-21-17(22)10-19(18(21)23)8-9-25-12-19/h2-3,6-7,15H,4-5,8-13H2,1H3. The van der Waals surface area contributed by atoms with Crippen LogP contribution in [0.4, 0.5) is 0 Å². The summed E-state index contributed by atoms with van der Waals surface area (Å²) in [6, 6.07) is 8.50. The highest BCUT2D eigenvalue weighted by atomic mass is 32.2. The van der Waals surface area contributed by atoms with Crippen molar-refractivity contribution < 1.29 is 14.3 Å². The molecule has 0 aromatic heterocycles. The maximum atomic E-state index is 12.9. The predicted octanol–water partition coefficient (Wildman–Crippen LogP) is 2.50. The van der Waals surface area contributed by atoms with Crippen LogP contribution in [0, 0.1) is 5.41 Å². The van der Waals surface area contributed by atoms with Gasteiger partial charge in [0.25, 0.3) is 0 Å². The number of benzene rings is 1. The molecule has 2 aliphatic heterocycles. The summed E-state index contributed by atoms with van der Waals surface area (Å²) in [6.07, 6.45) is 3.54. The predicted molar refractivity (Wildman–Crippen MR) is 97.3 cm³/mol. The maximum absolute atomic E-state index is 12.9. The molecule has 1 unspecified atom stereocenters. The highest BCUT2D eigenvalue weighted by molar-refractivity contribution is 7.99. The number of amides is 2. The number of carbonyl (C=O) groups is 2. The van der Waals surface area contributed by atoms with Crippen molar-refractivity contribution in [1.82, 2.24) is 9.80 Å². The lowest BCUT2D eigenvalue weighted by Gasteiger charge is -2.28. The molecule has 5 nitrogen and oxygen atoms in total. The highest BCUT2D eigenvalue weighted by Gasteiger charge is 2.53. The number of likely N-dealkylation sites (tertiary alicyclic amines) is 1. The van der Waals surface area contributed by atoms with Crippen molar-refractivity contribution in [2.75, 3.05) is 25.3 Å². The van der Waals surface area contributed by atoms with Gasteiger partial charge in [-0.05, 0) is 42.7 Å². The third-order valence-electron chi connectivity index (χ3n) is 5.52. The molecule has 3 aliphatic rings. The number of rotatable bonds is 6. The smallest absolute Gasteiger partial charge is 0.237 e. The van der Waals surface area contributed by atoms with Gasteiger partial charge in [-0.2, -0.15) is 11.8 Å². The summed E-state index contributed by atoms with van der Waals surface area (Å²) in [5.41, 5.74) is 0.773. The van der Waals surface area contributed by atoms with Gasteiger partial charge in [-0.1, -0.05) is 12.1 Å². The Balaban J connectivity index is 1.46. The lowest BCUT2D eigenvalue weighted by molar-refractivity contribution is -0.143. The van der Waals surface area contributed by atoms with Crippen LogP contribution in [0.2, 0.25) is 0 Å². The van der Waals surface area contributed by atoms with Gasteiger partial charge < -0.3 is 4.74 Å². The van der Waals surface area contributed by atoms with Crippen molar-refractivity contribution in [2.24, 2.45) is 5.41 Å². The minimum absolute atomic E-state index is 0.00730. The fourth-order valence-corrected chi connectivity index (χ4v) is 5.24. The normalized spacial score (nSPS) is 26.2. The summed E-state index contributed by atoms with van der Waals surface area (Å²) in [6.45, 7) is 1.19. The number of imide groups is 1. The molecule has 25 heavy (non-hydrogen) atoms. The Hall–Kier alpha value is -1.53. The van der Waals surface area contributed by atoms with Gasteiger partial charge in [-0.3, -0.25) is 19.4 Å². The van der Waals surface area contributed by atoms with E-state index >= 15 is 0 Å². The minimum atomic E-state index is -0.406. The van der Waals surface area contributed by atoms with Crippen molar-refractivity contribution in [3.63, 3.8) is 0 Å². The lowest BCUT2D eigenvalue weighted by Crippen LogP contribution is -2.44. The van der Waals surface area contributed by atoms with Crippen molar-refractivity contribution in [1.29, 1.82) is 0 Å². The van der Waals surface area contributed by atoms with E-state index in [0.717, 1.165) is 43.1 Å². The molecule has 0 radical (unpaired) electrons. The number of nitrogens with zero attached hydrogens (tertiary/aromatic N) is 2. The van der Waals surface area contributed by atoms with Gasteiger partial charge in [-0.25, -0.2) is 0 Å². The SMILES string of the molecule is COc1ccc(CN(CN2C(=O)CC3(CCSC3)C2=O)C2CC2)cc1. The second-order valence-corrected chi connectivity index (χ2v) is 8.46. The van der Waals surface area contributed by atoms with Gasteiger partial charge in [0.1, 0.15) is 5.75 Å². The van der Waals surface area contributed by atoms with E-state index in [-0.39, 0.29) is 11.8 Å². The highest BCUT2D eigenvalue weighted by Crippen LogP contribution is 2.45. The maximum Gasteiger partial charge on any atom is 0.237 e. The molecule has 6 heteroatoms. The van der Waals surface area contributed by atoms with Crippen LogP contribution in [0.5, 0.6) is 5.75 Å². The number of thioether (sulfide) groups is 1. The zero-order valence-electron chi connectivity index (χ0n) is 14.6. The molecule has 1 saturated carbocycles. The first-order chi connectivity index (χ1) is 12.1. The molecule has 0 N–H and O–H groups in total. The van der Waals surface area contributed by atoms with Crippen molar-refractivity contribution in [2.45, 2.75) is 38.3 Å². The van der Waals surface area contributed by atoms with Gasteiger partial charge in [0.2, 0.25) is 11.8 Å². The van der Waals surface area contributed by atoms with Gasteiger partial charge in [0.15, 0.2) is 0 Å². The largest absolute Gasteiger partial charge is 0.497 e. The van der Waals surface area contributed by atoms with Gasteiger partial charge >= 0.3 is 0 Å². The molecule has 2 heterocycles. The third kappa shape index (κ3) is 3.29. The van der Waals surface area contributed by atoms with Crippen LogP contribution in [0.3, 0.4) is 0 Å². The first kappa shape index (κ1) is 16.9. The molecule has 2 amide bonds. The molecule has 1 atom stereocenters. The Morgan fingerprint density at radius 2 is 2.04 bits per heavy atom. The summed E-state index contributed by atoms with van der Waals surface area (Å²) in [7, 11) is 1.66. The van der Waals surface area contributed by atoms with Gasteiger partial charge in [0, 0.05) is 24.8 Å². The fraction of sp³-hybridized carbons (Fsp3) is 0.579. The van der Waals surface area contributed by atoms with E-state index < -0.39 is 5.41 Å². The van der Waals surface area contributed by atoms with E-state index in [2.05, 4.69) is 17.0 Å². The summed E-state index contributed by atoms with van der Waals surface area (Å²) >= 11 is 1.80. The Morgan fingerprint density at radius 3 is 2.64 bits per heavy atom. The zero-order valence-corrected chi connectivity index (χ0v) is 15.4. The summed E-state index contributed by atoms with van der Waals surface area (Å²) in [5.74, 6) is 2.70. The van der Waals surface area contributed by atoms with E-state index in [1.165, 1.54) is 10.5 Å². The first-order valence-electron chi connectivity index (χ1n) is 8.91. The molecule has 1 spiro atoms. The Labute approximate surface area is 152 Å². The van der Waals surface area contributed by atoms with Crippen molar-refractivity contribution in [3.05, 3.63) is 29.8 Å². The van der Waals surface area contributed by atoms with Crippen LogP contribution < -0.4 is 4.74 Å². The molecular weight excluding hydrogens is 336 g/mol. The van der Waals surface area contributed by atoms with Crippen LogP contribution >= 0.6 is 11.8 Å². The Bertz CT molecular complexity index is 666. The first-order valence-corrected chi connectivity index (χ1v) is 10.1. The van der Waals surface area contributed by atoms with Crippen LogP contribution in [0.1, 0.15) is 31.2 Å². The van der Waals surface area contributed by atoms with E-state index in [0.29, 0.717) is 19.1 Å². The second-order valence-electron chi connectivity index (χ2n) is 7.35. The van der Waals surface area contributed by atoms with Gasteiger partial charge in [0.05, 0.1) is 19.2 Å². The topological polar surface area (TPSA) is 49.9 Å². The monoisotopic (exact) mass is 360 g/mol. The number of ether oxygens (including phenoxy) is 1. The summed E-state index contributed by atoms with van der Waals surface area (Å²) in [5, 5.41) is 0. The van der Waals surface area contributed by atoms with E-state index in [1.807, 2.05) is 12.1 Å². The van der Waals surface area contributed by atoms with Crippen molar-refractivity contribution >= 4 is 23.6 Å². The number of hydrogen-bond donors (Lipinski definition) is 0. The zero-order chi connectivity index (χ0) is 17.4. The van der Waals surface area contributed by atoms with E-state index in [9.17, 15) is 9.59 Å². The molecule has 3 fully saturated rings. The molecule has 1 aromatic carbocycles. The number of carbonyl (C=O) groups excluding carboxylic acids is 2. The molecule has 134 valence electrons. The van der Waals surface area contributed by atoms with Crippen LogP contribution in [-0.4, -0.2) is 52.9 Å². The number of hydrogen-bond acceptors (Lipinski definition) is 5. The quantitative estimate of drug-likeness (QED) is 0.730. The second kappa shape index (κ2) is 6.65. The Morgan fingerprint density at radius 1 is 1.28 bits per heavy atom. The molecule has 2 saturated heterocycles. The fourth-order valence-electron chi connectivity index (χ4n) is 3.80. The molecule has 0 bridgehead atoms. The molecule has 1 aromatic rings. The molecular formula is C19H24N2O3S. The average molecular weight is 360 g/mol. The average Bonchev–Trinajstić information content (AvgIpc) is 3.32. The molecule has 1 aliphatic carbocycles. The minimum Gasteiger partial charge on any atom is -0.497 e. The van der Waals surface area contributed by atoms with E-state index in [1.54, 1.807) is 18.9 Å². The number of methoxy groups -OCH3 is 1. The summed E-state index contributed by atoms with van der Waals surface area (Å²) < 4.78 is 5.21. The Kier molecular flexibility index (Phi) is 4.50. The molecule has 4 rings (SSSR count). The van der Waals surface area contributed by atoms with Crippen LogP contribution in [0.25, 0.3) is 0 Å².